The lowest BCUT2D eigenvalue weighted by Crippen LogP contribution is -2.51. The first kappa shape index (κ1) is 13.3. The van der Waals surface area contributed by atoms with Crippen LogP contribution >= 0.6 is 0 Å². The van der Waals surface area contributed by atoms with Crippen molar-refractivity contribution in [2.24, 2.45) is 0 Å². The Kier molecular flexibility index (Phi) is 6.37. The first-order valence-electron chi connectivity index (χ1n) is 4.99. The van der Waals surface area contributed by atoms with Crippen LogP contribution in [-0.4, -0.2) is 43.5 Å². The fourth-order valence-electron chi connectivity index (χ4n) is 2.02. The van der Waals surface area contributed by atoms with Gasteiger partial charge in [0.1, 0.15) is 0 Å². The second-order valence-corrected chi connectivity index (χ2v) is 3.98. The highest BCUT2D eigenvalue weighted by molar-refractivity contribution is 5.36. The number of rotatable bonds is 3. The predicted molar refractivity (Wildman–Crippen MR) is 55.3 cm³/mol. The minimum atomic E-state index is 0.500. The Labute approximate surface area is 86.0 Å². The summed E-state index contributed by atoms with van der Waals surface area (Å²) in [6.07, 6.45) is 3.25. The van der Waals surface area contributed by atoms with Crippen LogP contribution < -0.4 is 0 Å². The van der Waals surface area contributed by atoms with Gasteiger partial charge in [0.25, 0.3) is 0 Å². The molecule has 0 unspecified atom stereocenters. The summed E-state index contributed by atoms with van der Waals surface area (Å²) >= 11 is 0. The van der Waals surface area contributed by atoms with Crippen molar-refractivity contribution in [3.8, 4) is 0 Å². The molecule has 0 amide bonds. The molecule has 1 saturated heterocycles. The van der Waals surface area contributed by atoms with Crippen molar-refractivity contribution in [3.63, 3.8) is 0 Å². The molecule has 4 heteroatoms. The molecule has 0 saturated carbocycles. The van der Waals surface area contributed by atoms with Crippen LogP contribution in [0.25, 0.3) is 5.41 Å². The summed E-state index contributed by atoms with van der Waals surface area (Å²) in [6.45, 7) is 8.11. The number of carbonyl (C=O) groups excluding carboxylic acids is 1. The van der Waals surface area contributed by atoms with Crippen molar-refractivity contribution in [2.75, 3.05) is 26.9 Å². The number of methoxy groups -OCH3 is 1. The summed E-state index contributed by atoms with van der Waals surface area (Å²) in [5.74, 6) is 0. The van der Waals surface area contributed by atoms with Gasteiger partial charge < -0.3 is 10.1 Å². The van der Waals surface area contributed by atoms with Crippen LogP contribution in [-0.2, 0) is 9.53 Å². The van der Waals surface area contributed by atoms with Crippen LogP contribution in [0.2, 0.25) is 0 Å². The lowest BCUT2D eigenvalue weighted by molar-refractivity contribution is -0.953. The molecule has 0 spiro atoms. The van der Waals surface area contributed by atoms with Crippen LogP contribution in [0.3, 0.4) is 0 Å². The number of hydrogen-bond acceptors (Lipinski definition) is 2. The van der Waals surface area contributed by atoms with Crippen LogP contribution in [0, 0.1) is 0 Å². The molecule has 0 aliphatic carbocycles. The van der Waals surface area contributed by atoms with Crippen LogP contribution in [0.1, 0.15) is 26.7 Å². The summed E-state index contributed by atoms with van der Waals surface area (Å²) in [7, 11) is 1.81. The van der Waals surface area contributed by atoms with Gasteiger partial charge in [-0.2, -0.15) is 0 Å². The maximum absolute atomic E-state index is 8.24. The molecule has 1 fully saturated rings. The van der Waals surface area contributed by atoms with Crippen LogP contribution in [0.4, 0.5) is 0 Å². The van der Waals surface area contributed by atoms with Gasteiger partial charge in [0, 0.05) is 20.0 Å². The maximum Gasteiger partial charge on any atom is 0.182 e. The SMILES string of the molecule is COC[N+]1(C(C)C)CCCC1.[N-]=C=O. The van der Waals surface area contributed by atoms with Gasteiger partial charge in [-0.1, -0.05) is 0 Å². The molecule has 1 heterocycles. The van der Waals surface area contributed by atoms with Crippen molar-refractivity contribution in [1.29, 1.82) is 0 Å². The normalized spacial score (nSPS) is 18.6. The molecule has 0 radical (unpaired) electrons. The molecule has 0 atom stereocenters. The van der Waals surface area contributed by atoms with Gasteiger partial charge in [-0.25, -0.2) is 0 Å². The Hall–Kier alpha value is -0.700. The Bertz CT molecular complexity index is 181. The topological polar surface area (TPSA) is 48.6 Å². The van der Waals surface area contributed by atoms with Crippen molar-refractivity contribution < 1.29 is 14.0 Å². The van der Waals surface area contributed by atoms with Gasteiger partial charge in [0.05, 0.1) is 19.1 Å². The number of hydrogen-bond donors (Lipinski definition) is 0. The lowest BCUT2D eigenvalue weighted by atomic mass is 10.3. The molecule has 0 aromatic carbocycles. The van der Waals surface area contributed by atoms with E-state index in [1.807, 2.05) is 0 Å². The average Bonchev–Trinajstić information content (AvgIpc) is 2.56. The summed E-state index contributed by atoms with van der Waals surface area (Å²) < 4.78 is 6.44. The van der Waals surface area contributed by atoms with Crippen molar-refractivity contribution in [1.82, 2.24) is 0 Å². The monoisotopic (exact) mass is 200 g/mol. The standard InChI is InChI=1S/C9H20NO.CNO/c1-9(2)10(8-11-3)6-4-5-7-10;2-1-3/h9H,4-8H2,1-3H3;/q+1;-1. The van der Waals surface area contributed by atoms with Gasteiger partial charge in [0.15, 0.2) is 6.73 Å². The molecular weight excluding hydrogens is 180 g/mol. The molecule has 0 aromatic heterocycles. The quantitative estimate of drug-likeness (QED) is 0.394. The van der Waals surface area contributed by atoms with Crippen molar-refractivity contribution in [3.05, 3.63) is 5.41 Å². The first-order valence-corrected chi connectivity index (χ1v) is 4.99. The van der Waals surface area contributed by atoms with E-state index in [0.717, 1.165) is 12.8 Å². The highest BCUT2D eigenvalue weighted by Crippen LogP contribution is 2.22. The minimum Gasteiger partial charge on any atom is -0.724 e. The van der Waals surface area contributed by atoms with Gasteiger partial charge in [-0.15, -0.1) is 0 Å². The lowest BCUT2D eigenvalue weighted by Gasteiger charge is -2.37. The molecule has 82 valence electrons. The second kappa shape index (κ2) is 6.71. The molecule has 14 heavy (non-hydrogen) atoms. The Morgan fingerprint density at radius 2 is 1.86 bits per heavy atom. The molecule has 0 bridgehead atoms. The first-order chi connectivity index (χ1) is 6.63. The molecule has 0 aromatic rings. The Morgan fingerprint density at radius 1 is 1.43 bits per heavy atom. The van der Waals surface area contributed by atoms with Crippen LogP contribution in [0.15, 0.2) is 0 Å². The van der Waals surface area contributed by atoms with Crippen LogP contribution in [0.5, 0.6) is 0 Å². The average molecular weight is 200 g/mol. The van der Waals surface area contributed by atoms with E-state index >= 15 is 0 Å². The number of ether oxygens (including phenoxy) is 1. The van der Waals surface area contributed by atoms with Gasteiger partial charge in [0.2, 0.25) is 0 Å². The number of likely N-dealkylation sites (tertiary alicyclic amines) is 1. The van der Waals surface area contributed by atoms with Gasteiger partial charge in [-0.05, 0) is 19.9 Å². The van der Waals surface area contributed by atoms with E-state index in [0.29, 0.717) is 6.08 Å². The summed E-state index contributed by atoms with van der Waals surface area (Å²) in [4.78, 5) is 8.24. The van der Waals surface area contributed by atoms with E-state index in [2.05, 4.69) is 13.8 Å². The molecule has 0 N–H and O–H groups in total. The van der Waals surface area contributed by atoms with E-state index < -0.39 is 0 Å². The highest BCUT2D eigenvalue weighted by Gasteiger charge is 2.34. The summed E-state index contributed by atoms with van der Waals surface area (Å²) in [6, 6.07) is 0.720. The zero-order valence-corrected chi connectivity index (χ0v) is 9.32. The molecule has 1 rings (SSSR count). The van der Waals surface area contributed by atoms with Gasteiger partial charge >= 0.3 is 0 Å². The maximum atomic E-state index is 8.24. The van der Waals surface area contributed by atoms with E-state index in [1.165, 1.54) is 30.4 Å². The minimum absolute atomic E-state index is 0.500. The molecule has 4 nitrogen and oxygen atoms in total. The smallest absolute Gasteiger partial charge is 0.182 e. The predicted octanol–water partition coefficient (Wildman–Crippen LogP) is 1.50. The summed E-state index contributed by atoms with van der Waals surface area (Å²) in [5, 5.41) is 6.76. The Balaban J connectivity index is 0.000000500. The fourth-order valence-corrected chi connectivity index (χ4v) is 2.02. The number of quaternary nitrogens is 1. The third-order valence-electron chi connectivity index (χ3n) is 2.94. The largest absolute Gasteiger partial charge is 0.724 e. The second-order valence-electron chi connectivity index (χ2n) is 3.98. The molecule has 1 aliphatic rings. The van der Waals surface area contributed by atoms with Gasteiger partial charge in [-0.3, -0.25) is 9.28 Å². The zero-order chi connectivity index (χ0) is 11.0. The number of isocyanates is 1. The van der Waals surface area contributed by atoms with Crippen molar-refractivity contribution in [2.45, 2.75) is 32.7 Å². The van der Waals surface area contributed by atoms with E-state index in [4.69, 9.17) is 14.9 Å². The number of nitrogens with zero attached hydrogens (tertiary/aromatic N) is 2. The summed E-state index contributed by atoms with van der Waals surface area (Å²) in [5.41, 5.74) is 0. The third-order valence-corrected chi connectivity index (χ3v) is 2.94. The van der Waals surface area contributed by atoms with E-state index in [1.54, 1.807) is 7.11 Å². The molecular formula is C10H20N2O2. The Morgan fingerprint density at radius 3 is 2.14 bits per heavy atom. The highest BCUT2D eigenvalue weighted by atomic mass is 16.5. The fraction of sp³-hybridized carbons (Fsp3) is 0.900. The third kappa shape index (κ3) is 3.58. The van der Waals surface area contributed by atoms with E-state index in [-0.39, 0.29) is 0 Å². The zero-order valence-electron chi connectivity index (χ0n) is 9.32. The van der Waals surface area contributed by atoms with E-state index in [9.17, 15) is 0 Å². The molecule has 1 aliphatic heterocycles. The van der Waals surface area contributed by atoms with Crippen molar-refractivity contribution >= 4 is 6.08 Å².